The van der Waals surface area contributed by atoms with E-state index >= 15 is 0 Å². The Hall–Kier alpha value is -1.85. The van der Waals surface area contributed by atoms with Gasteiger partial charge >= 0.3 is 0 Å². The second-order valence-corrected chi connectivity index (χ2v) is 8.22. The van der Waals surface area contributed by atoms with Crippen molar-refractivity contribution in [1.29, 1.82) is 0 Å². The Bertz CT molecular complexity index is 843. The summed E-state index contributed by atoms with van der Waals surface area (Å²) < 4.78 is 8.21. The Morgan fingerprint density at radius 1 is 1.23 bits per heavy atom. The highest BCUT2D eigenvalue weighted by molar-refractivity contribution is 6.30. The van der Waals surface area contributed by atoms with Crippen LogP contribution in [0, 0.1) is 0 Å². The predicted molar refractivity (Wildman–Crippen MR) is 109 cm³/mol. The van der Waals surface area contributed by atoms with Crippen LogP contribution in [0.3, 0.4) is 0 Å². The van der Waals surface area contributed by atoms with Crippen molar-refractivity contribution in [2.24, 2.45) is 7.05 Å². The molecule has 26 heavy (non-hydrogen) atoms. The summed E-state index contributed by atoms with van der Waals surface area (Å²) in [4.78, 5) is 4.80. The summed E-state index contributed by atoms with van der Waals surface area (Å²) in [6, 6.07) is 8.22. The van der Waals surface area contributed by atoms with E-state index in [1.165, 1.54) is 0 Å². The molecule has 0 saturated heterocycles. The third kappa shape index (κ3) is 3.79. The van der Waals surface area contributed by atoms with Crippen LogP contribution in [0.1, 0.15) is 46.4 Å². The number of rotatable bonds is 5. The van der Waals surface area contributed by atoms with Crippen LogP contribution in [0.4, 0.5) is 0 Å². The van der Waals surface area contributed by atoms with Crippen molar-refractivity contribution in [3.63, 3.8) is 0 Å². The molecule has 0 aliphatic heterocycles. The van der Waals surface area contributed by atoms with Crippen molar-refractivity contribution >= 4 is 24.1 Å². The highest BCUT2D eigenvalue weighted by atomic mass is 16.5. The molecule has 0 fully saturated rings. The first kappa shape index (κ1) is 18.9. The molecule has 0 amide bonds. The number of aromatic nitrogens is 2. The Morgan fingerprint density at radius 3 is 2.65 bits per heavy atom. The fraction of sp³-hybridized carbons (Fsp3) is 0.476. The molecule has 1 aliphatic carbocycles. The summed E-state index contributed by atoms with van der Waals surface area (Å²) in [5, 5.41) is 10.3. The molecule has 4 nitrogen and oxygen atoms in total. The smallest absolute Gasteiger partial charge is 0.282 e. The average molecular weight is 352 g/mol. The molecular formula is C21H29BN2O2. The molecule has 5 heteroatoms. The molecule has 2 aromatic rings. The van der Waals surface area contributed by atoms with Gasteiger partial charge in [0.15, 0.2) is 0 Å². The van der Waals surface area contributed by atoms with E-state index < -0.39 is 11.2 Å². The van der Waals surface area contributed by atoms with Gasteiger partial charge in [0.05, 0.1) is 22.2 Å². The quantitative estimate of drug-likeness (QED) is 0.827. The zero-order valence-electron chi connectivity index (χ0n) is 16.5. The lowest BCUT2D eigenvalue weighted by atomic mass is 9.75. The fourth-order valence-electron chi connectivity index (χ4n) is 3.06. The third-order valence-electron chi connectivity index (χ3n) is 5.63. The van der Waals surface area contributed by atoms with Crippen molar-refractivity contribution in [3.05, 3.63) is 48.3 Å². The first-order valence-electron chi connectivity index (χ1n) is 9.35. The van der Waals surface area contributed by atoms with Crippen LogP contribution >= 0.6 is 0 Å². The highest BCUT2D eigenvalue weighted by Crippen LogP contribution is 2.30. The number of fused-ring (bicyclic) bond motifs is 1. The molecule has 138 valence electrons. The molecule has 0 spiro atoms. The lowest BCUT2D eigenvalue weighted by Gasteiger charge is -2.38. The minimum atomic E-state index is -0.877. The maximum absolute atomic E-state index is 10.3. The van der Waals surface area contributed by atoms with E-state index in [-0.39, 0.29) is 0 Å². The lowest BCUT2D eigenvalue weighted by Crippen LogP contribution is -2.48. The molecule has 1 aromatic heterocycles. The SMILES string of the molecule is Cn1c(C2=CCCC(BOC(C)(C)C(C)(C)O)C=C2)nc2ccccc21. The molecule has 1 heterocycles. The predicted octanol–water partition coefficient (Wildman–Crippen LogP) is 4.01. The molecule has 1 aliphatic rings. The minimum Gasteiger partial charge on any atom is -0.431 e. The Balaban J connectivity index is 1.74. The summed E-state index contributed by atoms with van der Waals surface area (Å²) in [6.45, 7) is 7.47. The fourth-order valence-corrected chi connectivity index (χ4v) is 3.06. The van der Waals surface area contributed by atoms with Crippen LogP contribution in [-0.4, -0.2) is 33.3 Å². The number of benzene rings is 1. The van der Waals surface area contributed by atoms with Gasteiger partial charge in [-0.15, -0.1) is 0 Å². The molecule has 0 bridgehead atoms. The normalized spacial score (nSPS) is 18.7. The van der Waals surface area contributed by atoms with E-state index in [1.807, 2.05) is 26.0 Å². The number of para-hydroxylation sites is 2. The maximum Gasteiger partial charge on any atom is 0.282 e. The summed E-state index contributed by atoms with van der Waals surface area (Å²) in [5.74, 6) is 1.33. The van der Waals surface area contributed by atoms with Crippen LogP contribution in [0.2, 0.25) is 5.82 Å². The van der Waals surface area contributed by atoms with E-state index in [0.717, 1.165) is 35.3 Å². The van der Waals surface area contributed by atoms with Gasteiger partial charge in [-0.25, -0.2) is 4.98 Å². The molecule has 1 unspecified atom stereocenters. The molecule has 1 N–H and O–H groups in total. The van der Waals surface area contributed by atoms with Gasteiger partial charge < -0.3 is 14.3 Å². The Morgan fingerprint density at radius 2 is 1.96 bits per heavy atom. The van der Waals surface area contributed by atoms with Crippen LogP contribution in [-0.2, 0) is 11.7 Å². The number of allylic oxidation sites excluding steroid dienone is 4. The Kier molecular flexibility index (Phi) is 5.13. The van der Waals surface area contributed by atoms with Crippen LogP contribution in [0.5, 0.6) is 0 Å². The van der Waals surface area contributed by atoms with Crippen LogP contribution < -0.4 is 0 Å². The average Bonchev–Trinajstić information content (AvgIpc) is 2.76. The van der Waals surface area contributed by atoms with Gasteiger partial charge in [0.2, 0.25) is 0 Å². The van der Waals surface area contributed by atoms with E-state index in [2.05, 4.69) is 42.0 Å². The molecule has 1 aromatic carbocycles. The van der Waals surface area contributed by atoms with Gasteiger partial charge in [-0.2, -0.15) is 0 Å². The van der Waals surface area contributed by atoms with E-state index in [9.17, 15) is 5.11 Å². The van der Waals surface area contributed by atoms with Crippen molar-refractivity contribution in [2.75, 3.05) is 0 Å². The topological polar surface area (TPSA) is 47.3 Å². The summed E-state index contributed by atoms with van der Waals surface area (Å²) >= 11 is 0. The van der Waals surface area contributed by atoms with Gasteiger partial charge in [-0.05, 0) is 58.5 Å². The van der Waals surface area contributed by atoms with Crippen LogP contribution in [0.25, 0.3) is 16.6 Å². The van der Waals surface area contributed by atoms with Gasteiger partial charge in [-0.1, -0.05) is 30.4 Å². The molecule has 1 atom stereocenters. The number of aryl methyl sites for hydroxylation is 1. The van der Waals surface area contributed by atoms with E-state index in [4.69, 9.17) is 9.64 Å². The first-order chi connectivity index (χ1) is 12.2. The zero-order chi connectivity index (χ0) is 18.9. The van der Waals surface area contributed by atoms with E-state index in [0.29, 0.717) is 13.3 Å². The minimum absolute atomic E-state index is 0.333. The first-order valence-corrected chi connectivity index (χ1v) is 9.35. The van der Waals surface area contributed by atoms with Crippen molar-refractivity contribution in [3.8, 4) is 0 Å². The van der Waals surface area contributed by atoms with E-state index in [1.54, 1.807) is 13.8 Å². The monoisotopic (exact) mass is 352 g/mol. The number of hydrogen-bond donors (Lipinski definition) is 1. The van der Waals surface area contributed by atoms with Gasteiger partial charge in [0.25, 0.3) is 7.48 Å². The molecular weight excluding hydrogens is 323 g/mol. The van der Waals surface area contributed by atoms with Gasteiger partial charge in [-0.3, -0.25) is 0 Å². The standard InChI is InChI=1S/C21H29BN2O2/c1-20(2,25)21(3,4)26-22-16-10-8-9-15(13-14-16)19-23-17-11-6-7-12-18(17)24(19)5/h6-7,9,11-14,16,22,25H,8,10H2,1-5H3. The van der Waals surface area contributed by atoms with Gasteiger partial charge in [0, 0.05) is 12.6 Å². The third-order valence-corrected chi connectivity index (χ3v) is 5.63. The number of hydrogen-bond acceptors (Lipinski definition) is 3. The van der Waals surface area contributed by atoms with Gasteiger partial charge in [0.1, 0.15) is 5.82 Å². The second kappa shape index (κ2) is 7.05. The number of imidazole rings is 1. The summed E-state index contributed by atoms with van der Waals surface area (Å²) in [6.07, 6.45) is 8.67. The number of aliphatic hydroxyl groups is 1. The lowest BCUT2D eigenvalue weighted by molar-refractivity contribution is -0.0908. The van der Waals surface area contributed by atoms with Crippen molar-refractivity contribution in [1.82, 2.24) is 9.55 Å². The highest BCUT2D eigenvalue weighted by Gasteiger charge is 2.36. The second-order valence-electron chi connectivity index (χ2n) is 8.22. The molecule has 0 saturated carbocycles. The Labute approximate surface area is 156 Å². The largest absolute Gasteiger partial charge is 0.431 e. The maximum atomic E-state index is 10.3. The van der Waals surface area contributed by atoms with Crippen molar-refractivity contribution in [2.45, 2.75) is 57.6 Å². The molecule has 0 radical (unpaired) electrons. The van der Waals surface area contributed by atoms with Crippen LogP contribution in [0.15, 0.2) is 42.5 Å². The zero-order valence-corrected chi connectivity index (χ0v) is 16.5. The summed E-state index contributed by atoms with van der Waals surface area (Å²) in [7, 11) is 2.67. The summed E-state index contributed by atoms with van der Waals surface area (Å²) in [5.41, 5.74) is 1.87. The van der Waals surface area contributed by atoms with Crippen molar-refractivity contribution < 1.29 is 9.76 Å². The molecule has 3 rings (SSSR count). The number of nitrogens with zero attached hydrogens (tertiary/aromatic N) is 2.